The first-order valence-electron chi connectivity index (χ1n) is 6.22. The summed E-state index contributed by atoms with van der Waals surface area (Å²) in [6, 6.07) is 9.37. The monoisotopic (exact) mass is 339 g/mol. The maximum Gasteiger partial charge on any atom is 0.165 e. The highest BCUT2D eigenvalue weighted by atomic mass is 79.9. The molecule has 0 bridgehead atoms. The molecule has 0 saturated heterocycles. The molecule has 1 unspecified atom stereocenters. The first kappa shape index (κ1) is 13.5. The van der Waals surface area contributed by atoms with Crippen LogP contribution in [0.25, 0.3) is 0 Å². The Balaban J connectivity index is 2.00. The van der Waals surface area contributed by atoms with E-state index in [1.807, 2.05) is 12.1 Å². The normalized spacial score (nSPS) is 21.2. The van der Waals surface area contributed by atoms with Crippen molar-refractivity contribution in [2.75, 3.05) is 0 Å². The zero-order valence-corrected chi connectivity index (χ0v) is 12.0. The molecule has 0 radical (unpaired) electrons. The van der Waals surface area contributed by atoms with Crippen molar-refractivity contribution in [1.29, 1.82) is 0 Å². The minimum atomic E-state index is -0.875. The topological polar surface area (TPSA) is 35.2 Å². The van der Waals surface area contributed by atoms with E-state index < -0.39 is 17.7 Å². The maximum atomic E-state index is 13.9. The second-order valence-corrected chi connectivity index (χ2v) is 5.69. The highest BCUT2D eigenvalue weighted by Gasteiger charge is 2.29. The zero-order valence-electron chi connectivity index (χ0n) is 10.4. The van der Waals surface area contributed by atoms with Gasteiger partial charge < -0.3 is 10.5 Å². The number of hydrogen-bond acceptors (Lipinski definition) is 2. The summed E-state index contributed by atoms with van der Waals surface area (Å²) in [4.78, 5) is 0. The van der Waals surface area contributed by atoms with Crippen LogP contribution in [0, 0.1) is 11.6 Å². The van der Waals surface area contributed by atoms with Gasteiger partial charge in [0.2, 0.25) is 0 Å². The van der Waals surface area contributed by atoms with E-state index in [9.17, 15) is 8.78 Å². The predicted molar refractivity (Wildman–Crippen MR) is 75.4 cm³/mol. The van der Waals surface area contributed by atoms with Crippen LogP contribution in [0.2, 0.25) is 0 Å². The summed E-state index contributed by atoms with van der Waals surface area (Å²) in [7, 11) is 0. The van der Waals surface area contributed by atoms with Gasteiger partial charge in [-0.1, -0.05) is 34.1 Å². The van der Waals surface area contributed by atoms with Gasteiger partial charge in [0.15, 0.2) is 11.6 Å². The fraction of sp³-hybridized carbons (Fsp3) is 0.200. The summed E-state index contributed by atoms with van der Waals surface area (Å²) >= 11 is 3.36. The average molecular weight is 340 g/mol. The number of rotatable bonds is 1. The Bertz CT molecular complexity index is 662. The van der Waals surface area contributed by atoms with Crippen LogP contribution in [-0.4, -0.2) is 0 Å². The molecule has 2 atom stereocenters. The van der Waals surface area contributed by atoms with E-state index in [2.05, 4.69) is 15.9 Å². The molecule has 2 nitrogen and oxygen atoms in total. The van der Waals surface area contributed by atoms with Gasteiger partial charge in [0, 0.05) is 28.1 Å². The van der Waals surface area contributed by atoms with Gasteiger partial charge in [-0.05, 0) is 18.2 Å². The molecule has 0 aromatic heterocycles. The van der Waals surface area contributed by atoms with Crippen molar-refractivity contribution in [2.45, 2.75) is 18.6 Å². The lowest BCUT2D eigenvalue weighted by Gasteiger charge is -2.30. The van der Waals surface area contributed by atoms with E-state index >= 15 is 0 Å². The van der Waals surface area contributed by atoms with E-state index in [0.29, 0.717) is 12.2 Å². The lowest BCUT2D eigenvalue weighted by molar-refractivity contribution is 0.156. The molecule has 2 aromatic rings. The van der Waals surface area contributed by atoms with Crippen LogP contribution in [0.15, 0.2) is 40.9 Å². The van der Waals surface area contributed by atoms with Crippen molar-refractivity contribution >= 4 is 15.9 Å². The van der Waals surface area contributed by atoms with Gasteiger partial charge in [-0.3, -0.25) is 0 Å². The standard InChI is InChI=1S/C15H12BrF2NO/c16-8-4-5-9-12(19)7-14(20-13(9)6-8)10-2-1-3-11(17)15(10)18/h1-6,12,14H,7,19H2/t12-,14?/m0/s1. The zero-order chi connectivity index (χ0) is 14.3. The maximum absolute atomic E-state index is 13.9. The van der Waals surface area contributed by atoms with Gasteiger partial charge in [-0.2, -0.15) is 0 Å². The molecule has 104 valence electrons. The number of ether oxygens (including phenoxy) is 1. The number of hydrogen-bond donors (Lipinski definition) is 1. The van der Waals surface area contributed by atoms with E-state index in [1.165, 1.54) is 12.1 Å². The lowest BCUT2D eigenvalue weighted by atomic mass is 9.93. The SMILES string of the molecule is N[C@H]1CC(c2cccc(F)c2F)Oc2cc(Br)ccc21. The third-order valence-electron chi connectivity index (χ3n) is 3.44. The summed E-state index contributed by atoms with van der Waals surface area (Å²) in [5, 5.41) is 0. The molecular formula is C15H12BrF2NO. The van der Waals surface area contributed by atoms with Crippen molar-refractivity contribution in [1.82, 2.24) is 0 Å². The van der Waals surface area contributed by atoms with E-state index in [-0.39, 0.29) is 11.6 Å². The Hall–Kier alpha value is -1.46. The highest BCUT2D eigenvalue weighted by Crippen LogP contribution is 2.41. The van der Waals surface area contributed by atoms with Crippen LogP contribution in [0.5, 0.6) is 5.75 Å². The molecule has 1 heterocycles. The minimum Gasteiger partial charge on any atom is -0.485 e. The Labute approximate surface area is 123 Å². The third kappa shape index (κ3) is 2.31. The molecule has 2 aromatic carbocycles. The molecule has 0 amide bonds. The third-order valence-corrected chi connectivity index (χ3v) is 3.93. The van der Waals surface area contributed by atoms with Gasteiger partial charge in [0.1, 0.15) is 11.9 Å². The molecule has 5 heteroatoms. The molecule has 1 aliphatic heterocycles. The number of benzene rings is 2. The Morgan fingerprint density at radius 2 is 1.95 bits per heavy atom. The first-order chi connectivity index (χ1) is 9.56. The van der Waals surface area contributed by atoms with Crippen LogP contribution < -0.4 is 10.5 Å². The van der Waals surface area contributed by atoms with Gasteiger partial charge in [0.25, 0.3) is 0 Å². The molecule has 0 fully saturated rings. The summed E-state index contributed by atoms with van der Waals surface area (Å²) in [6.07, 6.45) is -0.169. The van der Waals surface area contributed by atoms with Crippen molar-refractivity contribution < 1.29 is 13.5 Å². The average Bonchev–Trinajstić information content (AvgIpc) is 2.41. The quantitative estimate of drug-likeness (QED) is 0.842. The van der Waals surface area contributed by atoms with Crippen LogP contribution >= 0.6 is 15.9 Å². The largest absolute Gasteiger partial charge is 0.485 e. The second kappa shape index (κ2) is 5.14. The Morgan fingerprint density at radius 3 is 2.75 bits per heavy atom. The first-order valence-corrected chi connectivity index (χ1v) is 7.01. The van der Waals surface area contributed by atoms with Crippen LogP contribution in [0.1, 0.15) is 29.7 Å². The fourth-order valence-electron chi connectivity index (χ4n) is 2.44. The molecule has 3 rings (SSSR count). The Kier molecular flexibility index (Phi) is 3.48. The number of halogens is 3. The summed E-state index contributed by atoms with van der Waals surface area (Å²) in [5.74, 6) is -1.14. The second-order valence-electron chi connectivity index (χ2n) is 4.77. The molecule has 0 spiro atoms. The summed E-state index contributed by atoms with van der Waals surface area (Å²) in [5.41, 5.74) is 7.18. The molecule has 0 aliphatic carbocycles. The lowest BCUT2D eigenvalue weighted by Crippen LogP contribution is -2.24. The molecule has 0 saturated carbocycles. The van der Waals surface area contributed by atoms with Crippen molar-refractivity contribution in [2.24, 2.45) is 5.73 Å². The highest BCUT2D eigenvalue weighted by molar-refractivity contribution is 9.10. The summed E-state index contributed by atoms with van der Waals surface area (Å²) in [6.45, 7) is 0. The van der Waals surface area contributed by atoms with Gasteiger partial charge in [-0.15, -0.1) is 0 Å². The van der Waals surface area contributed by atoms with E-state index in [0.717, 1.165) is 16.1 Å². The van der Waals surface area contributed by atoms with Crippen LogP contribution in [0.3, 0.4) is 0 Å². The van der Waals surface area contributed by atoms with Crippen LogP contribution in [0.4, 0.5) is 8.78 Å². The Morgan fingerprint density at radius 1 is 1.15 bits per heavy atom. The smallest absolute Gasteiger partial charge is 0.165 e. The predicted octanol–water partition coefficient (Wildman–Crippen LogP) is 4.25. The number of nitrogens with two attached hydrogens (primary N) is 1. The summed E-state index contributed by atoms with van der Waals surface area (Å²) < 4.78 is 33.8. The molecule has 1 aliphatic rings. The van der Waals surface area contributed by atoms with E-state index in [1.54, 1.807) is 6.07 Å². The minimum absolute atomic E-state index is 0.200. The molecule has 20 heavy (non-hydrogen) atoms. The van der Waals surface area contributed by atoms with Crippen molar-refractivity contribution in [3.8, 4) is 5.75 Å². The number of fused-ring (bicyclic) bond motifs is 1. The molecule has 2 N–H and O–H groups in total. The van der Waals surface area contributed by atoms with Gasteiger partial charge in [0.05, 0.1) is 0 Å². The van der Waals surface area contributed by atoms with Crippen molar-refractivity contribution in [3.63, 3.8) is 0 Å². The van der Waals surface area contributed by atoms with Crippen LogP contribution in [-0.2, 0) is 0 Å². The van der Waals surface area contributed by atoms with Crippen molar-refractivity contribution in [3.05, 3.63) is 63.6 Å². The molecular weight excluding hydrogens is 328 g/mol. The van der Waals surface area contributed by atoms with Gasteiger partial charge in [-0.25, -0.2) is 8.78 Å². The van der Waals surface area contributed by atoms with Gasteiger partial charge >= 0.3 is 0 Å². The van der Waals surface area contributed by atoms with E-state index in [4.69, 9.17) is 10.5 Å². The fourth-order valence-corrected chi connectivity index (χ4v) is 2.78.